The third kappa shape index (κ3) is 5.34. The summed E-state index contributed by atoms with van der Waals surface area (Å²) in [5, 5.41) is 0. The number of carbonyl (C=O) groups is 2. The summed E-state index contributed by atoms with van der Waals surface area (Å²) in [7, 11) is 1.30. The number of methoxy groups -OCH3 is 1. The highest BCUT2D eigenvalue weighted by molar-refractivity contribution is 5.98. The minimum absolute atomic E-state index is 0.125. The Kier molecular flexibility index (Phi) is 6.63. The molecule has 1 aromatic rings. The first-order valence-electron chi connectivity index (χ1n) is 6.18. The average molecular weight is 286 g/mol. The summed E-state index contributed by atoms with van der Waals surface area (Å²) in [6, 6.07) is 5.87. The molecule has 0 spiro atoms. The molecule has 20 heavy (non-hydrogen) atoms. The van der Waals surface area contributed by atoms with Gasteiger partial charge < -0.3 is 9.47 Å². The lowest BCUT2D eigenvalue weighted by molar-refractivity contribution is -0.140. The molecular weight excluding hydrogens is 270 g/mol. The highest BCUT2D eigenvalue weighted by Crippen LogP contribution is 2.22. The molecule has 1 aromatic carbocycles. The van der Waals surface area contributed by atoms with Gasteiger partial charge in [0.15, 0.2) is 5.78 Å². The van der Waals surface area contributed by atoms with Crippen LogP contribution in [0.4, 0.5) is 8.78 Å². The van der Waals surface area contributed by atoms with E-state index in [1.165, 1.54) is 25.3 Å². The van der Waals surface area contributed by atoms with Crippen molar-refractivity contribution in [2.45, 2.75) is 32.3 Å². The van der Waals surface area contributed by atoms with Crippen LogP contribution in [0.5, 0.6) is 5.75 Å². The first-order valence-corrected chi connectivity index (χ1v) is 6.18. The summed E-state index contributed by atoms with van der Waals surface area (Å²) in [5.74, 6) is -0.745. The lowest BCUT2D eigenvalue weighted by atomic mass is 10.0. The molecule has 0 aliphatic heterocycles. The highest BCUT2D eigenvalue weighted by Gasteiger charge is 2.15. The van der Waals surface area contributed by atoms with Gasteiger partial charge in [0, 0.05) is 12.8 Å². The van der Waals surface area contributed by atoms with Crippen LogP contribution in [0.2, 0.25) is 0 Å². The van der Waals surface area contributed by atoms with Gasteiger partial charge in [-0.25, -0.2) is 0 Å². The normalized spacial score (nSPS) is 10.4. The molecule has 0 saturated carbocycles. The molecule has 0 atom stereocenters. The van der Waals surface area contributed by atoms with Gasteiger partial charge in [-0.3, -0.25) is 9.59 Å². The number of rotatable bonds is 8. The molecule has 0 aliphatic rings. The third-order valence-corrected chi connectivity index (χ3v) is 2.67. The van der Waals surface area contributed by atoms with E-state index < -0.39 is 6.61 Å². The summed E-state index contributed by atoms with van der Waals surface area (Å²) in [6.07, 6.45) is 1.40. The van der Waals surface area contributed by atoms with E-state index in [1.807, 2.05) is 0 Å². The van der Waals surface area contributed by atoms with Crippen LogP contribution in [0.25, 0.3) is 0 Å². The molecule has 0 amide bonds. The van der Waals surface area contributed by atoms with Crippen molar-refractivity contribution in [1.82, 2.24) is 0 Å². The van der Waals surface area contributed by atoms with Crippen molar-refractivity contribution in [3.63, 3.8) is 0 Å². The molecule has 0 saturated heterocycles. The van der Waals surface area contributed by atoms with Crippen molar-refractivity contribution in [3.05, 3.63) is 29.8 Å². The number of esters is 1. The molecule has 0 aliphatic carbocycles. The number of alkyl halides is 2. The van der Waals surface area contributed by atoms with Crippen LogP contribution in [-0.2, 0) is 9.53 Å². The first kappa shape index (κ1) is 16.1. The number of carbonyl (C=O) groups excluding carboxylic acids is 2. The van der Waals surface area contributed by atoms with Crippen molar-refractivity contribution in [2.75, 3.05) is 7.11 Å². The number of hydrogen-bond acceptors (Lipinski definition) is 4. The molecule has 0 aromatic heterocycles. The van der Waals surface area contributed by atoms with Gasteiger partial charge in [-0.15, -0.1) is 0 Å². The number of hydrogen-bond donors (Lipinski definition) is 0. The SMILES string of the molecule is COC(=O)CCCCC(=O)c1ccccc1OC(F)F. The Balaban J connectivity index is 2.53. The molecular formula is C14H16F2O4. The average Bonchev–Trinajstić information content (AvgIpc) is 2.43. The zero-order chi connectivity index (χ0) is 15.0. The number of ether oxygens (including phenoxy) is 2. The molecule has 0 fully saturated rings. The molecule has 110 valence electrons. The van der Waals surface area contributed by atoms with E-state index in [9.17, 15) is 18.4 Å². The number of para-hydroxylation sites is 1. The monoisotopic (exact) mass is 286 g/mol. The van der Waals surface area contributed by atoms with Gasteiger partial charge in [0.2, 0.25) is 0 Å². The molecule has 0 N–H and O–H groups in total. The lowest BCUT2D eigenvalue weighted by Gasteiger charge is -2.09. The van der Waals surface area contributed by atoms with Crippen molar-refractivity contribution >= 4 is 11.8 Å². The zero-order valence-corrected chi connectivity index (χ0v) is 11.1. The zero-order valence-electron chi connectivity index (χ0n) is 11.1. The lowest BCUT2D eigenvalue weighted by Crippen LogP contribution is -2.08. The maximum Gasteiger partial charge on any atom is 0.387 e. The van der Waals surface area contributed by atoms with Gasteiger partial charge in [0.25, 0.3) is 0 Å². The number of Topliss-reactive ketones (excluding diaryl/α,β-unsaturated/α-hetero) is 1. The minimum atomic E-state index is -2.97. The van der Waals surface area contributed by atoms with Gasteiger partial charge in [-0.2, -0.15) is 8.78 Å². The van der Waals surface area contributed by atoms with E-state index in [2.05, 4.69) is 9.47 Å². The third-order valence-electron chi connectivity index (χ3n) is 2.67. The van der Waals surface area contributed by atoms with Gasteiger partial charge in [0.05, 0.1) is 12.7 Å². The van der Waals surface area contributed by atoms with Gasteiger partial charge >= 0.3 is 12.6 Å². The van der Waals surface area contributed by atoms with E-state index in [0.717, 1.165) is 0 Å². The van der Waals surface area contributed by atoms with Crippen LogP contribution < -0.4 is 4.74 Å². The Hall–Kier alpha value is -1.98. The van der Waals surface area contributed by atoms with Crippen LogP contribution in [0, 0.1) is 0 Å². The fourth-order valence-corrected chi connectivity index (χ4v) is 1.69. The highest BCUT2D eigenvalue weighted by atomic mass is 19.3. The predicted octanol–water partition coefficient (Wildman–Crippen LogP) is 3.20. The molecule has 1 rings (SSSR count). The van der Waals surface area contributed by atoms with Crippen LogP contribution in [-0.4, -0.2) is 25.5 Å². The summed E-state index contributed by atoms with van der Waals surface area (Å²) in [6.45, 7) is -2.97. The van der Waals surface area contributed by atoms with Crippen molar-refractivity contribution in [2.24, 2.45) is 0 Å². The maximum atomic E-state index is 12.2. The maximum absolute atomic E-state index is 12.2. The van der Waals surface area contributed by atoms with Crippen LogP contribution in [0.3, 0.4) is 0 Å². The number of halogens is 2. The molecule has 0 radical (unpaired) electrons. The largest absolute Gasteiger partial charge is 0.469 e. The van der Waals surface area contributed by atoms with Gasteiger partial charge in [0.1, 0.15) is 5.75 Å². The van der Waals surface area contributed by atoms with Crippen LogP contribution in [0.1, 0.15) is 36.0 Å². The number of ketones is 1. The summed E-state index contributed by atoms with van der Waals surface area (Å²) in [5.41, 5.74) is 0.130. The fraction of sp³-hybridized carbons (Fsp3) is 0.429. The molecule has 0 bridgehead atoms. The van der Waals surface area contributed by atoms with Crippen LogP contribution in [0.15, 0.2) is 24.3 Å². The van der Waals surface area contributed by atoms with Gasteiger partial charge in [-0.1, -0.05) is 12.1 Å². The van der Waals surface area contributed by atoms with Crippen molar-refractivity contribution in [1.29, 1.82) is 0 Å². The Bertz CT molecular complexity index is 460. The summed E-state index contributed by atoms with van der Waals surface area (Å²) < 4.78 is 33.2. The van der Waals surface area contributed by atoms with E-state index in [0.29, 0.717) is 12.8 Å². The fourth-order valence-electron chi connectivity index (χ4n) is 1.69. The van der Waals surface area contributed by atoms with E-state index in [4.69, 9.17) is 0 Å². The predicted molar refractivity (Wildman–Crippen MR) is 67.9 cm³/mol. The molecule has 0 unspecified atom stereocenters. The van der Waals surface area contributed by atoms with Crippen molar-refractivity contribution < 1.29 is 27.8 Å². The second-order valence-corrected chi connectivity index (χ2v) is 4.08. The first-order chi connectivity index (χ1) is 9.54. The second-order valence-electron chi connectivity index (χ2n) is 4.08. The van der Waals surface area contributed by atoms with E-state index >= 15 is 0 Å². The smallest absolute Gasteiger partial charge is 0.387 e. The standard InChI is InChI=1S/C14H16F2O4/c1-19-13(18)9-5-3-7-11(17)10-6-2-4-8-12(10)20-14(15)16/h2,4,6,8,14H,3,5,7,9H2,1H3. The number of benzene rings is 1. The van der Waals surface area contributed by atoms with Gasteiger partial charge in [-0.05, 0) is 25.0 Å². The number of unbranched alkanes of at least 4 members (excludes halogenated alkanes) is 1. The van der Waals surface area contributed by atoms with E-state index in [1.54, 1.807) is 6.07 Å². The second kappa shape index (κ2) is 8.24. The van der Waals surface area contributed by atoms with Crippen LogP contribution >= 0.6 is 0 Å². The summed E-state index contributed by atoms with van der Waals surface area (Å²) in [4.78, 5) is 22.8. The molecule has 6 heteroatoms. The molecule has 0 heterocycles. The Morgan fingerprint density at radius 2 is 1.80 bits per heavy atom. The minimum Gasteiger partial charge on any atom is -0.469 e. The van der Waals surface area contributed by atoms with E-state index in [-0.39, 0.29) is 35.9 Å². The quantitative estimate of drug-likeness (QED) is 0.418. The Morgan fingerprint density at radius 1 is 1.15 bits per heavy atom. The summed E-state index contributed by atoms with van der Waals surface area (Å²) >= 11 is 0. The Labute approximate surface area is 115 Å². The topological polar surface area (TPSA) is 52.6 Å². The Morgan fingerprint density at radius 3 is 2.45 bits per heavy atom. The molecule has 4 nitrogen and oxygen atoms in total. The van der Waals surface area contributed by atoms with Crippen molar-refractivity contribution in [3.8, 4) is 5.75 Å².